The number of benzene rings is 3. The van der Waals surface area contributed by atoms with E-state index < -0.39 is 0 Å². The van der Waals surface area contributed by atoms with E-state index in [0.29, 0.717) is 28.6 Å². The van der Waals surface area contributed by atoms with E-state index in [2.05, 4.69) is 21.4 Å². The molecule has 0 bridgehead atoms. The average Bonchev–Trinajstić information content (AvgIpc) is 3.28. The monoisotopic (exact) mass is 498 g/mol. The number of nitrogens with one attached hydrogen (secondary N) is 2. The number of rotatable bonds is 8. The van der Waals surface area contributed by atoms with Gasteiger partial charge in [0.15, 0.2) is 18.1 Å². The first-order valence-corrected chi connectivity index (χ1v) is 12.5. The van der Waals surface area contributed by atoms with E-state index >= 15 is 0 Å². The number of thioether (sulfide) groups is 1. The largest absolute Gasteiger partial charge is 0.493 e. The second-order valence-corrected chi connectivity index (χ2v) is 9.07. The first kappa shape index (κ1) is 24.9. The molecular weight excluding hydrogens is 472 g/mol. The summed E-state index contributed by atoms with van der Waals surface area (Å²) in [6.45, 7) is 3.90. The van der Waals surface area contributed by atoms with Gasteiger partial charge in [-0.2, -0.15) is 5.26 Å². The predicted octanol–water partition coefficient (Wildman–Crippen LogP) is 5.99. The molecule has 0 spiro atoms. The van der Waals surface area contributed by atoms with Crippen molar-refractivity contribution in [2.24, 2.45) is 0 Å². The summed E-state index contributed by atoms with van der Waals surface area (Å²) < 4.78 is 11.2. The van der Waals surface area contributed by atoms with Crippen LogP contribution in [-0.4, -0.2) is 35.8 Å². The maximum atomic E-state index is 12.4. The van der Waals surface area contributed by atoms with E-state index in [1.54, 1.807) is 36.0 Å². The molecule has 0 aliphatic rings. The summed E-state index contributed by atoms with van der Waals surface area (Å²) in [6.07, 6.45) is 3.71. The lowest BCUT2D eigenvalue weighted by atomic mass is 10.1. The summed E-state index contributed by atoms with van der Waals surface area (Å²) in [5.74, 6) is 1.10. The number of ether oxygens (including phenoxy) is 2. The fourth-order valence-corrected chi connectivity index (χ4v) is 4.11. The molecule has 36 heavy (non-hydrogen) atoms. The smallest absolute Gasteiger partial charge is 0.262 e. The van der Waals surface area contributed by atoms with Gasteiger partial charge in [-0.1, -0.05) is 12.1 Å². The number of aromatic amines is 1. The highest BCUT2D eigenvalue weighted by molar-refractivity contribution is 7.98. The lowest BCUT2D eigenvalue weighted by Crippen LogP contribution is -2.20. The van der Waals surface area contributed by atoms with E-state index in [4.69, 9.17) is 9.47 Å². The molecule has 0 saturated carbocycles. The van der Waals surface area contributed by atoms with Crippen molar-refractivity contribution in [2.75, 3.05) is 25.3 Å². The summed E-state index contributed by atoms with van der Waals surface area (Å²) in [5, 5.41) is 12.6. The molecule has 1 heterocycles. The minimum absolute atomic E-state index is 0.170. The summed E-state index contributed by atoms with van der Waals surface area (Å²) in [6, 6.07) is 19.1. The number of carbonyl (C=O) groups is 1. The van der Waals surface area contributed by atoms with Crippen LogP contribution in [0.4, 0.5) is 5.69 Å². The van der Waals surface area contributed by atoms with Crippen LogP contribution in [0.5, 0.6) is 11.5 Å². The Kier molecular flexibility index (Phi) is 7.62. The third-order valence-corrected chi connectivity index (χ3v) is 6.41. The lowest BCUT2D eigenvalue weighted by molar-refractivity contribution is -0.118. The van der Waals surface area contributed by atoms with Crippen LogP contribution in [0, 0.1) is 25.2 Å². The van der Waals surface area contributed by atoms with E-state index in [0.717, 1.165) is 32.6 Å². The second kappa shape index (κ2) is 11.0. The quantitative estimate of drug-likeness (QED) is 0.229. The van der Waals surface area contributed by atoms with Crippen LogP contribution in [0.15, 0.2) is 59.5 Å². The van der Waals surface area contributed by atoms with Crippen LogP contribution in [0.1, 0.15) is 22.5 Å². The van der Waals surface area contributed by atoms with Gasteiger partial charge in [-0.15, -0.1) is 11.8 Å². The molecule has 182 valence electrons. The first-order valence-electron chi connectivity index (χ1n) is 11.2. The molecule has 4 rings (SSSR count). The second-order valence-electron chi connectivity index (χ2n) is 8.19. The number of aromatic nitrogens is 2. The van der Waals surface area contributed by atoms with Crippen LogP contribution in [0.25, 0.3) is 22.7 Å². The number of amides is 1. The number of methoxy groups -OCH3 is 1. The average molecular weight is 499 g/mol. The molecule has 3 aromatic carbocycles. The molecule has 1 amide bonds. The molecule has 0 unspecified atom stereocenters. The minimum atomic E-state index is -0.276. The van der Waals surface area contributed by atoms with Gasteiger partial charge < -0.3 is 19.8 Å². The third kappa shape index (κ3) is 5.70. The molecule has 0 atom stereocenters. The van der Waals surface area contributed by atoms with E-state index in [-0.39, 0.29) is 12.5 Å². The van der Waals surface area contributed by atoms with Crippen LogP contribution < -0.4 is 14.8 Å². The van der Waals surface area contributed by atoms with E-state index in [1.165, 1.54) is 7.11 Å². The number of hydrogen-bond acceptors (Lipinski definition) is 6. The van der Waals surface area contributed by atoms with Gasteiger partial charge in [-0.25, -0.2) is 4.98 Å². The molecule has 0 aliphatic heterocycles. The van der Waals surface area contributed by atoms with Crippen molar-refractivity contribution in [3.8, 4) is 17.6 Å². The van der Waals surface area contributed by atoms with E-state index in [9.17, 15) is 10.1 Å². The number of anilines is 1. The molecule has 0 aliphatic carbocycles. The predicted molar refractivity (Wildman–Crippen MR) is 144 cm³/mol. The van der Waals surface area contributed by atoms with Crippen molar-refractivity contribution in [1.29, 1.82) is 5.26 Å². The molecule has 0 fully saturated rings. The molecule has 0 radical (unpaired) electrons. The summed E-state index contributed by atoms with van der Waals surface area (Å²) in [4.78, 5) is 21.2. The zero-order valence-electron chi connectivity index (χ0n) is 20.5. The number of nitriles is 1. The van der Waals surface area contributed by atoms with Gasteiger partial charge in [0.1, 0.15) is 11.9 Å². The van der Waals surface area contributed by atoms with Crippen molar-refractivity contribution in [3.63, 3.8) is 0 Å². The van der Waals surface area contributed by atoms with Gasteiger partial charge in [0.05, 0.1) is 23.7 Å². The Morgan fingerprint density at radius 3 is 2.69 bits per heavy atom. The maximum Gasteiger partial charge on any atom is 0.262 e. The van der Waals surface area contributed by atoms with Crippen molar-refractivity contribution in [1.82, 2.24) is 9.97 Å². The van der Waals surface area contributed by atoms with Gasteiger partial charge in [-0.3, -0.25) is 4.79 Å². The third-order valence-electron chi connectivity index (χ3n) is 5.68. The normalized spacial score (nSPS) is 11.2. The minimum Gasteiger partial charge on any atom is -0.493 e. The van der Waals surface area contributed by atoms with Gasteiger partial charge in [0, 0.05) is 10.6 Å². The maximum absolute atomic E-state index is 12.4. The Labute approximate surface area is 214 Å². The first-order chi connectivity index (χ1) is 17.4. The zero-order chi connectivity index (χ0) is 25.7. The number of hydrogen-bond donors (Lipinski definition) is 2. The van der Waals surface area contributed by atoms with Crippen LogP contribution in [0.2, 0.25) is 0 Å². The Hall–Kier alpha value is -4.22. The van der Waals surface area contributed by atoms with Crippen molar-refractivity contribution in [2.45, 2.75) is 18.7 Å². The summed E-state index contributed by atoms with van der Waals surface area (Å²) >= 11 is 1.60. The molecule has 4 aromatic rings. The molecule has 0 saturated heterocycles. The number of nitrogens with zero attached hydrogens (tertiary/aromatic N) is 2. The molecule has 2 N–H and O–H groups in total. The highest BCUT2D eigenvalue weighted by Crippen LogP contribution is 2.30. The number of fused-ring (bicyclic) bond motifs is 1. The van der Waals surface area contributed by atoms with Crippen LogP contribution in [0.3, 0.4) is 0 Å². The summed E-state index contributed by atoms with van der Waals surface area (Å²) in [7, 11) is 1.53. The number of H-pyrrole nitrogens is 1. The fourth-order valence-electron chi connectivity index (χ4n) is 3.65. The Balaban J connectivity index is 1.49. The molecule has 1 aromatic heterocycles. The molecule has 8 heteroatoms. The van der Waals surface area contributed by atoms with Crippen LogP contribution >= 0.6 is 11.8 Å². The van der Waals surface area contributed by atoms with Gasteiger partial charge >= 0.3 is 0 Å². The fraction of sp³-hybridized carbons (Fsp3) is 0.179. The SMILES string of the molecule is COc1cc(/C=C(\C#N)c2nc3cc(C)c(C)cc3[nH]2)ccc1OCC(=O)Nc1cccc(SC)c1. The molecular formula is C28H26N4O3S. The van der Waals surface area contributed by atoms with Gasteiger partial charge in [0.2, 0.25) is 0 Å². The number of aryl methyl sites for hydroxylation is 2. The number of carbonyl (C=O) groups excluding carboxylic acids is 1. The van der Waals surface area contributed by atoms with Crippen LogP contribution in [-0.2, 0) is 4.79 Å². The Morgan fingerprint density at radius 1 is 1.14 bits per heavy atom. The Bertz CT molecular complexity index is 1460. The zero-order valence-corrected chi connectivity index (χ0v) is 21.3. The summed E-state index contributed by atoms with van der Waals surface area (Å²) in [5.41, 5.74) is 5.84. The Morgan fingerprint density at radius 2 is 1.94 bits per heavy atom. The highest BCUT2D eigenvalue weighted by Gasteiger charge is 2.12. The van der Waals surface area contributed by atoms with E-state index in [1.807, 2.05) is 56.5 Å². The van der Waals surface area contributed by atoms with Crippen molar-refractivity contribution < 1.29 is 14.3 Å². The molecule has 7 nitrogen and oxygen atoms in total. The number of allylic oxidation sites excluding steroid dienone is 1. The van der Waals surface area contributed by atoms with Gasteiger partial charge in [0.25, 0.3) is 5.91 Å². The lowest BCUT2D eigenvalue weighted by Gasteiger charge is -2.12. The van der Waals surface area contributed by atoms with Crippen molar-refractivity contribution >= 4 is 46.0 Å². The highest BCUT2D eigenvalue weighted by atomic mass is 32.2. The van der Waals surface area contributed by atoms with Gasteiger partial charge in [-0.05, 0) is 85.3 Å². The number of imidazole rings is 1. The standard InChI is InChI=1S/C28H26N4O3S/c1-17-10-23-24(11-18(17)2)32-28(31-23)20(15-29)12-19-8-9-25(26(13-19)34-3)35-16-27(33)30-21-6-5-7-22(14-21)36-4/h5-14H,16H2,1-4H3,(H,30,33)(H,31,32)/b20-12+. The topological polar surface area (TPSA) is 100 Å². The van der Waals surface area contributed by atoms with Crippen molar-refractivity contribution in [3.05, 3.63) is 77.1 Å².